The predicted molar refractivity (Wildman–Crippen MR) is 111 cm³/mol. The van der Waals surface area contributed by atoms with Crippen molar-refractivity contribution >= 4 is 5.97 Å². The van der Waals surface area contributed by atoms with E-state index in [9.17, 15) is 9.90 Å². The van der Waals surface area contributed by atoms with Crippen LogP contribution in [0.5, 0.6) is 0 Å². The van der Waals surface area contributed by atoms with Crippen molar-refractivity contribution in [3.05, 3.63) is 35.9 Å². The van der Waals surface area contributed by atoms with Gasteiger partial charge in [-0.25, -0.2) is 0 Å². The molecule has 2 rings (SSSR count). The van der Waals surface area contributed by atoms with Gasteiger partial charge >= 0.3 is 5.97 Å². The maximum atomic E-state index is 12.2. The zero-order valence-corrected chi connectivity index (χ0v) is 17.3. The highest BCUT2D eigenvalue weighted by molar-refractivity contribution is 5.76. The van der Waals surface area contributed by atoms with Crippen LogP contribution >= 0.6 is 0 Å². The van der Waals surface area contributed by atoms with Gasteiger partial charge in [0.05, 0.1) is 5.41 Å². The van der Waals surface area contributed by atoms with Crippen molar-refractivity contribution in [1.82, 2.24) is 0 Å². The van der Waals surface area contributed by atoms with Crippen molar-refractivity contribution < 1.29 is 14.6 Å². The zero-order valence-electron chi connectivity index (χ0n) is 17.3. The second-order valence-electron chi connectivity index (χ2n) is 8.36. The predicted octanol–water partition coefficient (Wildman–Crippen LogP) is 6.70. The quantitative estimate of drug-likeness (QED) is 0.414. The Bertz CT molecular complexity index is 556. The largest absolute Gasteiger partial charge is 0.481 e. The molecule has 3 heteroatoms. The highest BCUT2D eigenvalue weighted by Crippen LogP contribution is 2.53. The number of carbonyl (C=O) groups is 1. The number of carboxylic acid groups (broad SMARTS) is 1. The molecule has 1 aliphatic carbocycles. The van der Waals surface area contributed by atoms with Crippen LogP contribution in [-0.2, 0) is 15.1 Å². The maximum absolute atomic E-state index is 12.2. The third kappa shape index (κ3) is 5.34. The molecule has 0 saturated heterocycles. The Balaban J connectivity index is 1.97. The average molecular weight is 375 g/mol. The number of aliphatic carboxylic acids is 1. The van der Waals surface area contributed by atoms with Crippen LogP contribution in [0.25, 0.3) is 0 Å². The molecule has 2 unspecified atom stereocenters. The maximum Gasteiger partial charge on any atom is 0.312 e. The van der Waals surface area contributed by atoms with E-state index in [1.165, 1.54) is 44.9 Å². The third-order valence-corrected chi connectivity index (χ3v) is 6.41. The van der Waals surface area contributed by atoms with Crippen molar-refractivity contribution in [3.8, 4) is 0 Å². The molecule has 0 spiro atoms. The van der Waals surface area contributed by atoms with E-state index in [1.807, 2.05) is 37.3 Å². The SMILES string of the molecule is CCCCCCCCCCOC1(c2ccccc2)CCCCC1(C)C(=O)O. The summed E-state index contributed by atoms with van der Waals surface area (Å²) in [5.74, 6) is -0.734. The topological polar surface area (TPSA) is 46.5 Å². The van der Waals surface area contributed by atoms with Crippen molar-refractivity contribution in [2.45, 2.75) is 96.5 Å². The summed E-state index contributed by atoms with van der Waals surface area (Å²) in [6.45, 7) is 4.78. The van der Waals surface area contributed by atoms with Gasteiger partial charge in [-0.1, -0.05) is 95.0 Å². The molecule has 2 atom stereocenters. The van der Waals surface area contributed by atoms with Crippen LogP contribution in [0.3, 0.4) is 0 Å². The van der Waals surface area contributed by atoms with Crippen LogP contribution in [0.4, 0.5) is 0 Å². The van der Waals surface area contributed by atoms with Gasteiger partial charge in [0.15, 0.2) is 0 Å². The summed E-state index contributed by atoms with van der Waals surface area (Å²) in [6, 6.07) is 10.1. The van der Waals surface area contributed by atoms with E-state index >= 15 is 0 Å². The molecule has 1 aromatic rings. The fourth-order valence-electron chi connectivity index (χ4n) is 4.58. The third-order valence-electron chi connectivity index (χ3n) is 6.41. The van der Waals surface area contributed by atoms with E-state index in [0.29, 0.717) is 13.0 Å². The first-order valence-electron chi connectivity index (χ1n) is 11.0. The summed E-state index contributed by atoms with van der Waals surface area (Å²) in [5.41, 5.74) is -0.555. The minimum atomic E-state index is -0.868. The van der Waals surface area contributed by atoms with Crippen molar-refractivity contribution in [3.63, 3.8) is 0 Å². The molecule has 0 heterocycles. The normalized spacial score (nSPS) is 25.4. The molecule has 27 heavy (non-hydrogen) atoms. The summed E-state index contributed by atoms with van der Waals surface area (Å²) >= 11 is 0. The molecule has 1 fully saturated rings. The van der Waals surface area contributed by atoms with E-state index < -0.39 is 17.0 Å². The Hall–Kier alpha value is -1.35. The van der Waals surface area contributed by atoms with Crippen LogP contribution in [0, 0.1) is 5.41 Å². The van der Waals surface area contributed by atoms with Crippen LogP contribution in [0.1, 0.15) is 96.5 Å². The van der Waals surface area contributed by atoms with E-state index in [0.717, 1.165) is 31.2 Å². The summed E-state index contributed by atoms with van der Waals surface area (Å²) in [4.78, 5) is 12.2. The molecule has 3 nitrogen and oxygen atoms in total. The summed E-state index contributed by atoms with van der Waals surface area (Å²) in [7, 11) is 0. The fraction of sp³-hybridized carbons (Fsp3) is 0.708. The summed E-state index contributed by atoms with van der Waals surface area (Å²) < 4.78 is 6.50. The Morgan fingerprint density at radius 1 is 0.963 bits per heavy atom. The number of hydrogen-bond acceptors (Lipinski definition) is 2. The number of rotatable bonds is 12. The molecular weight excluding hydrogens is 336 g/mol. The second-order valence-corrected chi connectivity index (χ2v) is 8.36. The van der Waals surface area contributed by atoms with Crippen molar-refractivity contribution in [1.29, 1.82) is 0 Å². The lowest BCUT2D eigenvalue weighted by molar-refractivity contribution is -0.192. The van der Waals surface area contributed by atoms with Gasteiger partial charge in [-0.2, -0.15) is 0 Å². The van der Waals surface area contributed by atoms with Gasteiger partial charge < -0.3 is 9.84 Å². The second kappa shape index (κ2) is 10.8. The summed E-state index contributed by atoms with van der Waals surface area (Å²) in [6.07, 6.45) is 13.5. The Kier molecular flexibility index (Phi) is 8.82. The molecule has 0 bridgehead atoms. The lowest BCUT2D eigenvalue weighted by atomic mass is 9.61. The van der Waals surface area contributed by atoms with Gasteiger partial charge in [-0.05, 0) is 31.7 Å². The molecule has 1 saturated carbocycles. The first kappa shape index (κ1) is 21.9. The Morgan fingerprint density at radius 3 is 2.19 bits per heavy atom. The van der Waals surface area contributed by atoms with Crippen LogP contribution in [0.2, 0.25) is 0 Å². The molecule has 1 aromatic carbocycles. The molecule has 1 aliphatic rings. The van der Waals surface area contributed by atoms with Gasteiger partial charge in [0.1, 0.15) is 5.60 Å². The van der Waals surface area contributed by atoms with Crippen LogP contribution in [0.15, 0.2) is 30.3 Å². The van der Waals surface area contributed by atoms with Crippen molar-refractivity contribution in [2.75, 3.05) is 6.61 Å². The highest BCUT2D eigenvalue weighted by atomic mass is 16.5. The van der Waals surface area contributed by atoms with Gasteiger partial charge in [0, 0.05) is 6.61 Å². The summed E-state index contributed by atoms with van der Waals surface area (Å²) in [5, 5.41) is 10.1. The Labute approximate surface area is 165 Å². The number of ether oxygens (including phenoxy) is 1. The monoisotopic (exact) mass is 374 g/mol. The van der Waals surface area contributed by atoms with Gasteiger partial charge in [-0.3, -0.25) is 4.79 Å². The molecule has 0 radical (unpaired) electrons. The average Bonchev–Trinajstić information content (AvgIpc) is 2.68. The minimum Gasteiger partial charge on any atom is -0.481 e. The fourth-order valence-corrected chi connectivity index (χ4v) is 4.58. The minimum absolute atomic E-state index is 0.646. The number of hydrogen-bond donors (Lipinski definition) is 1. The van der Waals surface area contributed by atoms with Gasteiger partial charge in [0.2, 0.25) is 0 Å². The lowest BCUT2D eigenvalue weighted by Crippen LogP contribution is -2.53. The highest BCUT2D eigenvalue weighted by Gasteiger charge is 2.56. The van der Waals surface area contributed by atoms with E-state index in [-0.39, 0.29) is 0 Å². The van der Waals surface area contributed by atoms with Crippen molar-refractivity contribution in [2.24, 2.45) is 5.41 Å². The number of carboxylic acids is 1. The molecule has 152 valence electrons. The van der Waals surface area contributed by atoms with Crippen LogP contribution in [-0.4, -0.2) is 17.7 Å². The number of unbranched alkanes of at least 4 members (excludes halogenated alkanes) is 7. The van der Waals surface area contributed by atoms with Gasteiger partial charge in [-0.15, -0.1) is 0 Å². The number of benzene rings is 1. The Morgan fingerprint density at radius 2 is 1.56 bits per heavy atom. The van der Waals surface area contributed by atoms with Crippen LogP contribution < -0.4 is 0 Å². The standard InChI is InChI=1S/C24H38O3/c1-3-4-5-6-7-8-9-15-20-27-24(21-16-11-10-12-17-21)19-14-13-18-23(24,2)22(25)26/h10-12,16-17H,3-9,13-15,18-20H2,1-2H3,(H,25,26). The van der Waals surface area contributed by atoms with E-state index in [2.05, 4.69) is 6.92 Å². The smallest absolute Gasteiger partial charge is 0.312 e. The lowest BCUT2D eigenvalue weighted by Gasteiger charge is -2.49. The molecular formula is C24H38O3. The van der Waals surface area contributed by atoms with E-state index in [4.69, 9.17) is 4.74 Å². The zero-order chi connectivity index (χ0) is 19.6. The van der Waals surface area contributed by atoms with Gasteiger partial charge in [0.25, 0.3) is 0 Å². The van der Waals surface area contributed by atoms with E-state index in [1.54, 1.807) is 0 Å². The molecule has 1 N–H and O–H groups in total. The first-order chi connectivity index (χ1) is 13.1. The molecule has 0 aliphatic heterocycles. The first-order valence-corrected chi connectivity index (χ1v) is 11.0. The molecule has 0 amide bonds. The molecule has 0 aromatic heterocycles.